The van der Waals surface area contributed by atoms with E-state index in [1.54, 1.807) is 34.8 Å². The van der Waals surface area contributed by atoms with Crippen LogP contribution in [0.3, 0.4) is 0 Å². The van der Waals surface area contributed by atoms with Crippen LogP contribution in [0.4, 0.5) is 0 Å². The fourth-order valence-corrected chi connectivity index (χ4v) is 6.61. The molecule has 11 atom stereocenters. The molecule has 3 rings (SSSR count). The van der Waals surface area contributed by atoms with Crippen molar-refractivity contribution in [3.63, 3.8) is 0 Å². The summed E-state index contributed by atoms with van der Waals surface area (Å²) in [7, 11) is 1.55. The number of allylic oxidation sites excluding steroid dienone is 1. The van der Waals surface area contributed by atoms with Gasteiger partial charge < -0.3 is 33.9 Å². The fraction of sp³-hybridized carbons (Fsp3) is 0.862. The van der Waals surface area contributed by atoms with Gasteiger partial charge in [0.05, 0.1) is 29.6 Å². The molecule has 2 saturated heterocycles. The van der Waals surface area contributed by atoms with Crippen molar-refractivity contribution in [2.45, 2.75) is 136 Å². The number of carbonyl (C=O) groups excluding carboxylic acids is 2. The van der Waals surface area contributed by atoms with Gasteiger partial charge in [-0.15, -0.1) is 0 Å². The van der Waals surface area contributed by atoms with Gasteiger partial charge in [-0.1, -0.05) is 13.8 Å². The Hall–Kier alpha value is -1.52. The Morgan fingerprint density at radius 2 is 1.71 bits per heavy atom. The fourth-order valence-electron chi connectivity index (χ4n) is 6.61. The van der Waals surface area contributed by atoms with Gasteiger partial charge in [-0.3, -0.25) is 9.59 Å². The predicted molar refractivity (Wildman–Crippen MR) is 140 cm³/mol. The highest BCUT2D eigenvalue weighted by Gasteiger charge is 2.51. The molecule has 2 bridgehead atoms. The molecule has 2 N–H and O–H groups in total. The summed E-state index contributed by atoms with van der Waals surface area (Å²) >= 11 is 0. The van der Waals surface area contributed by atoms with Crippen LogP contribution in [0.15, 0.2) is 11.3 Å². The Balaban J connectivity index is 1.99. The Labute approximate surface area is 227 Å². The number of rotatable bonds is 4. The van der Waals surface area contributed by atoms with Crippen LogP contribution in [-0.2, 0) is 33.3 Å². The first-order valence-electron chi connectivity index (χ1n) is 13.9. The van der Waals surface area contributed by atoms with Crippen LogP contribution < -0.4 is 0 Å². The number of aliphatic hydroxyl groups excluding tert-OH is 1. The van der Waals surface area contributed by atoms with Crippen LogP contribution >= 0.6 is 0 Å². The normalized spacial score (nSPS) is 47.1. The maximum absolute atomic E-state index is 13.5. The van der Waals surface area contributed by atoms with Gasteiger partial charge in [0.1, 0.15) is 23.6 Å². The average molecular weight is 541 g/mol. The lowest BCUT2D eigenvalue weighted by atomic mass is 9.81. The Morgan fingerprint density at radius 1 is 1.08 bits per heavy atom. The molecule has 0 unspecified atom stereocenters. The molecule has 38 heavy (non-hydrogen) atoms. The molecule has 0 aromatic rings. The number of cyclic esters (lactones) is 1. The first-order chi connectivity index (χ1) is 17.5. The quantitative estimate of drug-likeness (QED) is 0.515. The van der Waals surface area contributed by atoms with Crippen molar-refractivity contribution in [2.24, 2.45) is 17.8 Å². The number of carbonyl (C=O) groups is 2. The molecule has 0 aromatic heterocycles. The summed E-state index contributed by atoms with van der Waals surface area (Å²) in [6.45, 7) is 16.2. The van der Waals surface area contributed by atoms with Crippen molar-refractivity contribution >= 4 is 11.8 Å². The molecule has 218 valence electrons. The summed E-state index contributed by atoms with van der Waals surface area (Å²) < 4.78 is 30.4. The van der Waals surface area contributed by atoms with E-state index in [1.165, 1.54) is 6.92 Å². The van der Waals surface area contributed by atoms with Crippen molar-refractivity contribution in [2.75, 3.05) is 7.11 Å². The van der Waals surface area contributed by atoms with E-state index in [0.29, 0.717) is 18.6 Å². The molecule has 9 nitrogen and oxygen atoms in total. The number of hydrogen-bond donors (Lipinski definition) is 2. The highest BCUT2D eigenvalue weighted by atomic mass is 16.7. The lowest BCUT2D eigenvalue weighted by Gasteiger charge is -2.46. The van der Waals surface area contributed by atoms with E-state index in [4.69, 9.17) is 23.7 Å². The molecule has 0 saturated carbocycles. The summed E-state index contributed by atoms with van der Waals surface area (Å²) in [5.74, 6) is -2.01. The number of hydrogen-bond acceptors (Lipinski definition) is 9. The van der Waals surface area contributed by atoms with E-state index < -0.39 is 71.1 Å². The van der Waals surface area contributed by atoms with Gasteiger partial charge in [0.15, 0.2) is 17.7 Å². The van der Waals surface area contributed by atoms with Crippen molar-refractivity contribution < 1.29 is 43.5 Å². The summed E-state index contributed by atoms with van der Waals surface area (Å²) in [5, 5.41) is 22.0. The van der Waals surface area contributed by atoms with Gasteiger partial charge in [0.2, 0.25) is 0 Å². The number of aliphatic hydroxyl groups is 2. The van der Waals surface area contributed by atoms with Crippen molar-refractivity contribution in [1.29, 1.82) is 0 Å². The summed E-state index contributed by atoms with van der Waals surface area (Å²) in [4.78, 5) is 27.0. The lowest BCUT2D eigenvalue weighted by molar-refractivity contribution is -0.296. The van der Waals surface area contributed by atoms with Gasteiger partial charge >= 0.3 is 5.97 Å². The van der Waals surface area contributed by atoms with Gasteiger partial charge in [-0.05, 0) is 72.8 Å². The number of ketones is 1. The molecule has 3 heterocycles. The zero-order chi connectivity index (χ0) is 28.8. The number of Topliss-reactive ketones (excluding diaryl/α,β-unsaturated/α-hetero) is 1. The van der Waals surface area contributed by atoms with Crippen molar-refractivity contribution in [3.8, 4) is 0 Å². The average Bonchev–Trinajstić information content (AvgIpc) is 3.15. The lowest BCUT2D eigenvalue weighted by Crippen LogP contribution is -2.57. The highest BCUT2D eigenvalue weighted by Crippen LogP contribution is 2.44. The molecule has 2 fully saturated rings. The Kier molecular flexibility index (Phi) is 9.11. The third-order valence-corrected chi connectivity index (χ3v) is 8.92. The zero-order valence-electron chi connectivity index (χ0n) is 24.7. The molecule has 3 aliphatic rings. The molecular formula is C29H48O9. The van der Waals surface area contributed by atoms with Gasteiger partial charge in [-0.25, -0.2) is 0 Å². The standard InChI is InChI=1S/C29H48O9/c1-11-20-29(9,33)24(30)17(4)23-16(3)13-27(7,38-23)12-15(2)22(18(5)26(32)36-20)37-21-14-28(8,34-10)25(31)19(6)35-21/h15,17-22,25,31,33H,11-14H2,1-10H3/t15-,17+,18-,19+,20-,21+,22+,25+,27+,28-,29-/m1/s1. The summed E-state index contributed by atoms with van der Waals surface area (Å²) in [6, 6.07) is 0. The van der Waals surface area contributed by atoms with Crippen LogP contribution in [0.25, 0.3) is 0 Å². The number of esters is 1. The molecule has 0 aliphatic carbocycles. The van der Waals surface area contributed by atoms with Crippen molar-refractivity contribution in [3.05, 3.63) is 11.3 Å². The highest BCUT2D eigenvalue weighted by molar-refractivity contribution is 5.91. The Morgan fingerprint density at radius 3 is 2.29 bits per heavy atom. The number of fused-ring (bicyclic) bond motifs is 2. The number of methoxy groups -OCH3 is 1. The van der Waals surface area contributed by atoms with Crippen molar-refractivity contribution in [1.82, 2.24) is 0 Å². The topological polar surface area (TPSA) is 121 Å². The smallest absolute Gasteiger partial charge is 0.311 e. The molecule has 3 aliphatic heterocycles. The van der Waals surface area contributed by atoms with E-state index >= 15 is 0 Å². The Bertz CT molecular complexity index is 929. The molecule has 0 spiro atoms. The second kappa shape index (κ2) is 11.2. The summed E-state index contributed by atoms with van der Waals surface area (Å²) in [6.07, 6.45) is -2.05. The predicted octanol–water partition coefficient (Wildman–Crippen LogP) is 3.68. The third kappa shape index (κ3) is 5.82. The maximum Gasteiger partial charge on any atom is 0.311 e. The van der Waals surface area contributed by atoms with Gasteiger partial charge in [0, 0.05) is 20.0 Å². The van der Waals surface area contributed by atoms with Crippen LogP contribution in [0.2, 0.25) is 0 Å². The summed E-state index contributed by atoms with van der Waals surface area (Å²) in [5.41, 5.74) is -2.41. The SMILES string of the molecule is CC[C@H]1OC(=O)[C@H](C)[C@@H](O[C@H]2C[C@@](C)(OC)[C@@H](O)[C@H](C)O2)[C@H](C)C[C@@]2(C)CC(C)=C(O2)[C@H](C)C(=O)[C@]1(C)O. The van der Waals surface area contributed by atoms with Crippen LogP contribution in [0.5, 0.6) is 0 Å². The minimum Gasteiger partial charge on any atom is -0.491 e. The zero-order valence-corrected chi connectivity index (χ0v) is 24.7. The molecule has 9 heteroatoms. The van der Waals surface area contributed by atoms with E-state index in [1.807, 2.05) is 27.7 Å². The minimum absolute atomic E-state index is 0.165. The molecule has 0 aromatic carbocycles. The maximum atomic E-state index is 13.5. The molecule has 0 amide bonds. The van der Waals surface area contributed by atoms with Crippen LogP contribution in [-0.4, -0.2) is 76.6 Å². The molecular weight excluding hydrogens is 492 g/mol. The van der Waals surface area contributed by atoms with Gasteiger partial charge in [-0.2, -0.15) is 0 Å². The number of ether oxygens (including phenoxy) is 5. The monoisotopic (exact) mass is 540 g/mol. The van der Waals surface area contributed by atoms with Crippen LogP contribution in [0.1, 0.15) is 88.0 Å². The second-order valence-corrected chi connectivity index (χ2v) is 12.4. The second-order valence-electron chi connectivity index (χ2n) is 12.4. The van der Waals surface area contributed by atoms with Crippen LogP contribution in [0, 0.1) is 17.8 Å². The minimum atomic E-state index is -1.90. The molecule has 0 radical (unpaired) electrons. The van der Waals surface area contributed by atoms with E-state index in [9.17, 15) is 19.8 Å². The first kappa shape index (κ1) is 31.0. The third-order valence-electron chi connectivity index (χ3n) is 8.92. The van der Waals surface area contributed by atoms with E-state index in [2.05, 4.69) is 0 Å². The van der Waals surface area contributed by atoms with Gasteiger partial charge in [0.25, 0.3) is 0 Å². The van der Waals surface area contributed by atoms with E-state index in [-0.39, 0.29) is 18.8 Å². The first-order valence-corrected chi connectivity index (χ1v) is 13.9. The van der Waals surface area contributed by atoms with E-state index in [0.717, 1.165) is 5.57 Å². The largest absolute Gasteiger partial charge is 0.491 e.